The second-order valence-electron chi connectivity index (χ2n) is 7.17. The number of halogens is 1. The number of rotatable bonds is 3. The van der Waals surface area contributed by atoms with Gasteiger partial charge in [-0.2, -0.15) is 5.10 Å². The van der Waals surface area contributed by atoms with Gasteiger partial charge in [0.15, 0.2) is 0 Å². The number of nitrogens with zero attached hydrogens (tertiary/aromatic N) is 3. The van der Waals surface area contributed by atoms with Gasteiger partial charge >= 0.3 is 0 Å². The van der Waals surface area contributed by atoms with Crippen LogP contribution in [0, 0.1) is 6.92 Å². The Morgan fingerprint density at radius 2 is 1.88 bits per heavy atom. The molecule has 0 aliphatic carbocycles. The van der Waals surface area contributed by atoms with Crippen molar-refractivity contribution in [3.8, 4) is 11.1 Å². The van der Waals surface area contributed by atoms with E-state index in [0.29, 0.717) is 10.7 Å². The van der Waals surface area contributed by atoms with Crippen molar-refractivity contribution in [3.63, 3.8) is 0 Å². The molecule has 0 fully saturated rings. The van der Waals surface area contributed by atoms with Crippen LogP contribution >= 0.6 is 27.3 Å². The van der Waals surface area contributed by atoms with E-state index in [-0.39, 0.29) is 11.3 Å². The van der Waals surface area contributed by atoms with Crippen LogP contribution in [0.5, 0.6) is 0 Å². The fourth-order valence-corrected chi connectivity index (χ4v) is 3.79. The largest absolute Gasteiger partial charge is 0.305 e. The first-order valence-corrected chi connectivity index (χ1v) is 9.85. The summed E-state index contributed by atoms with van der Waals surface area (Å²) in [5.41, 5.74) is 2.72. The third kappa shape index (κ3) is 3.73. The molecule has 136 valence electrons. The average molecular weight is 433 g/mol. The number of benzene rings is 1. The molecule has 0 saturated carbocycles. The van der Waals surface area contributed by atoms with E-state index in [1.807, 2.05) is 38.2 Å². The van der Waals surface area contributed by atoms with E-state index in [0.717, 1.165) is 26.3 Å². The zero-order chi connectivity index (χ0) is 19.1. The van der Waals surface area contributed by atoms with Gasteiger partial charge in [0.05, 0.1) is 16.9 Å². The number of hydrogen-bond donors (Lipinski definition) is 1. The van der Waals surface area contributed by atoms with Crippen LogP contribution in [0.3, 0.4) is 0 Å². The molecule has 0 atom stereocenters. The van der Waals surface area contributed by atoms with E-state index in [1.54, 1.807) is 10.9 Å². The number of carbonyl (C=O) groups excluding carboxylic acids is 1. The zero-order valence-electron chi connectivity index (χ0n) is 15.4. The fraction of sp³-hybridized carbons (Fsp3) is 0.316. The minimum absolute atomic E-state index is 0.0745. The topological polar surface area (TPSA) is 59.8 Å². The monoisotopic (exact) mass is 432 g/mol. The first-order chi connectivity index (χ1) is 12.2. The SMILES string of the molecule is Cc1nn(C)c(NC(=O)c2cnc(C(C)(C)C)s2)c1-c1ccc(Br)cc1. The number of thiazole rings is 1. The number of aryl methyl sites for hydroxylation is 2. The number of carbonyl (C=O) groups is 1. The minimum atomic E-state index is -0.167. The smallest absolute Gasteiger partial charge is 0.268 e. The number of anilines is 1. The maximum absolute atomic E-state index is 12.8. The molecule has 2 heterocycles. The lowest BCUT2D eigenvalue weighted by molar-refractivity contribution is 0.102. The van der Waals surface area contributed by atoms with Crippen molar-refractivity contribution >= 4 is 39.0 Å². The molecule has 1 aromatic carbocycles. The van der Waals surface area contributed by atoms with Gasteiger partial charge in [0, 0.05) is 22.5 Å². The molecule has 0 aliphatic heterocycles. The molecule has 2 aromatic heterocycles. The molecule has 7 heteroatoms. The predicted octanol–water partition coefficient (Wildman–Crippen LogP) is 5.16. The second kappa shape index (κ2) is 6.96. The molecule has 0 saturated heterocycles. The summed E-state index contributed by atoms with van der Waals surface area (Å²) in [6, 6.07) is 7.97. The Morgan fingerprint density at radius 1 is 1.23 bits per heavy atom. The summed E-state index contributed by atoms with van der Waals surface area (Å²) in [4.78, 5) is 17.8. The van der Waals surface area contributed by atoms with Crippen molar-refractivity contribution in [1.29, 1.82) is 0 Å². The standard InChI is InChI=1S/C19H21BrN4OS/c1-11-15(12-6-8-13(20)9-7-12)16(24(5)23-11)22-17(25)14-10-21-18(26-14)19(2,3)4/h6-10H,1-5H3,(H,22,25). The maximum atomic E-state index is 12.8. The van der Waals surface area contributed by atoms with Gasteiger partial charge in [-0.15, -0.1) is 11.3 Å². The molecular formula is C19H21BrN4OS. The summed E-state index contributed by atoms with van der Waals surface area (Å²) < 4.78 is 2.71. The van der Waals surface area contributed by atoms with Crippen LogP contribution in [-0.2, 0) is 12.5 Å². The molecule has 3 aromatic rings. The van der Waals surface area contributed by atoms with Crippen LogP contribution in [0.2, 0.25) is 0 Å². The van der Waals surface area contributed by atoms with Crippen LogP contribution in [0.4, 0.5) is 5.82 Å². The highest BCUT2D eigenvalue weighted by Crippen LogP contribution is 2.33. The van der Waals surface area contributed by atoms with Crippen LogP contribution in [-0.4, -0.2) is 20.7 Å². The van der Waals surface area contributed by atoms with Gasteiger partial charge in [-0.1, -0.05) is 48.8 Å². The fourth-order valence-electron chi connectivity index (χ4n) is 2.66. The lowest BCUT2D eigenvalue weighted by atomic mass is 9.98. The molecule has 1 amide bonds. The molecule has 0 bridgehead atoms. The van der Waals surface area contributed by atoms with Gasteiger partial charge < -0.3 is 5.32 Å². The number of aromatic nitrogens is 3. The summed E-state index contributed by atoms with van der Waals surface area (Å²) in [6.07, 6.45) is 1.64. The van der Waals surface area contributed by atoms with Crippen molar-refractivity contribution < 1.29 is 4.79 Å². The molecule has 0 spiro atoms. The van der Waals surface area contributed by atoms with Gasteiger partial charge in [-0.05, 0) is 24.6 Å². The Kier molecular flexibility index (Phi) is 5.03. The van der Waals surface area contributed by atoms with E-state index < -0.39 is 0 Å². The zero-order valence-corrected chi connectivity index (χ0v) is 17.8. The Morgan fingerprint density at radius 3 is 2.46 bits per heavy atom. The van der Waals surface area contributed by atoms with Crippen molar-refractivity contribution in [2.24, 2.45) is 7.05 Å². The quantitative estimate of drug-likeness (QED) is 0.621. The van der Waals surface area contributed by atoms with Gasteiger partial charge in [0.1, 0.15) is 10.7 Å². The summed E-state index contributed by atoms with van der Waals surface area (Å²) in [6.45, 7) is 8.20. The molecule has 3 rings (SSSR count). The molecule has 0 unspecified atom stereocenters. The first kappa shape index (κ1) is 18.8. The summed E-state index contributed by atoms with van der Waals surface area (Å²) in [5, 5.41) is 8.43. The Hall–Kier alpha value is -1.99. The Bertz CT molecular complexity index is 951. The Balaban J connectivity index is 1.94. The Labute approximate surface area is 165 Å². The van der Waals surface area contributed by atoms with Gasteiger partial charge in [0.2, 0.25) is 0 Å². The van der Waals surface area contributed by atoms with Crippen molar-refractivity contribution in [1.82, 2.24) is 14.8 Å². The summed E-state index contributed by atoms with van der Waals surface area (Å²) >= 11 is 4.88. The maximum Gasteiger partial charge on any atom is 0.268 e. The third-order valence-electron chi connectivity index (χ3n) is 3.96. The number of hydrogen-bond acceptors (Lipinski definition) is 4. The van der Waals surface area contributed by atoms with Crippen LogP contribution in [0.25, 0.3) is 11.1 Å². The number of amides is 1. The van der Waals surface area contributed by atoms with Crippen LogP contribution < -0.4 is 5.32 Å². The highest BCUT2D eigenvalue weighted by molar-refractivity contribution is 9.10. The predicted molar refractivity (Wildman–Crippen MR) is 110 cm³/mol. The van der Waals surface area contributed by atoms with Gasteiger partial charge in [-0.25, -0.2) is 4.98 Å². The summed E-state index contributed by atoms with van der Waals surface area (Å²) in [7, 11) is 1.83. The molecule has 5 nitrogen and oxygen atoms in total. The van der Waals surface area contributed by atoms with E-state index in [2.05, 4.69) is 52.1 Å². The van der Waals surface area contributed by atoms with E-state index in [9.17, 15) is 4.79 Å². The lowest BCUT2D eigenvalue weighted by Gasteiger charge is -2.13. The normalized spacial score (nSPS) is 11.6. The molecule has 1 N–H and O–H groups in total. The van der Waals surface area contributed by atoms with Gasteiger partial charge in [0.25, 0.3) is 5.91 Å². The van der Waals surface area contributed by atoms with E-state index >= 15 is 0 Å². The molecule has 26 heavy (non-hydrogen) atoms. The molecule has 0 aliphatic rings. The van der Waals surface area contributed by atoms with E-state index in [1.165, 1.54) is 11.3 Å². The summed E-state index contributed by atoms with van der Waals surface area (Å²) in [5.74, 6) is 0.514. The highest BCUT2D eigenvalue weighted by Gasteiger charge is 2.22. The van der Waals surface area contributed by atoms with Gasteiger partial charge in [-0.3, -0.25) is 9.48 Å². The van der Waals surface area contributed by atoms with E-state index in [4.69, 9.17) is 0 Å². The first-order valence-electron chi connectivity index (χ1n) is 8.24. The minimum Gasteiger partial charge on any atom is -0.305 e. The second-order valence-corrected chi connectivity index (χ2v) is 9.12. The van der Waals surface area contributed by atoms with Crippen molar-refractivity contribution in [2.75, 3.05) is 5.32 Å². The van der Waals surface area contributed by atoms with Crippen molar-refractivity contribution in [2.45, 2.75) is 33.1 Å². The highest BCUT2D eigenvalue weighted by atomic mass is 79.9. The molecular weight excluding hydrogens is 412 g/mol. The number of nitrogens with one attached hydrogen (secondary N) is 1. The average Bonchev–Trinajstić information content (AvgIpc) is 3.14. The molecule has 0 radical (unpaired) electrons. The van der Waals surface area contributed by atoms with Crippen LogP contribution in [0.1, 0.15) is 41.1 Å². The lowest BCUT2D eigenvalue weighted by Crippen LogP contribution is -2.14. The third-order valence-corrected chi connectivity index (χ3v) is 5.91. The van der Waals surface area contributed by atoms with Crippen LogP contribution in [0.15, 0.2) is 34.9 Å². The van der Waals surface area contributed by atoms with Crippen molar-refractivity contribution in [3.05, 3.63) is 50.5 Å².